The summed E-state index contributed by atoms with van der Waals surface area (Å²) in [6.07, 6.45) is 5.60. The number of fused-ring (bicyclic) bond motifs is 1. The second-order valence-corrected chi connectivity index (χ2v) is 8.03. The molecule has 158 valence electrons. The van der Waals surface area contributed by atoms with Gasteiger partial charge in [0.2, 0.25) is 5.13 Å². The molecular weight excluding hydrogens is 424 g/mol. The topological polar surface area (TPSA) is 94.3 Å². The van der Waals surface area contributed by atoms with Crippen molar-refractivity contribution in [1.29, 1.82) is 0 Å². The number of rotatable bonds is 6. The van der Waals surface area contributed by atoms with Crippen molar-refractivity contribution in [2.75, 3.05) is 5.32 Å². The zero-order valence-corrected chi connectivity index (χ0v) is 17.9. The van der Waals surface area contributed by atoms with Gasteiger partial charge in [-0.25, -0.2) is 4.98 Å². The predicted octanol–water partition coefficient (Wildman–Crippen LogP) is 4.39. The number of nitrogens with zero attached hydrogens (tertiary/aromatic N) is 5. The van der Waals surface area contributed by atoms with E-state index in [2.05, 4.69) is 25.5 Å². The highest BCUT2D eigenvalue weighted by Crippen LogP contribution is 2.25. The van der Waals surface area contributed by atoms with Crippen LogP contribution >= 0.6 is 11.3 Å². The van der Waals surface area contributed by atoms with Gasteiger partial charge in [0.15, 0.2) is 5.01 Å². The maximum atomic E-state index is 12.5. The number of imidazole rings is 1. The molecule has 1 N–H and O–H groups in total. The first-order chi connectivity index (χ1) is 15.7. The summed E-state index contributed by atoms with van der Waals surface area (Å²) >= 11 is 1.27. The Morgan fingerprint density at radius 1 is 1.09 bits per heavy atom. The van der Waals surface area contributed by atoms with Crippen molar-refractivity contribution in [3.8, 4) is 16.5 Å². The van der Waals surface area contributed by atoms with Crippen molar-refractivity contribution in [3.63, 3.8) is 0 Å². The molecule has 0 spiro atoms. The van der Waals surface area contributed by atoms with Crippen LogP contribution in [0.3, 0.4) is 0 Å². The van der Waals surface area contributed by atoms with Gasteiger partial charge in [0.25, 0.3) is 5.91 Å². The van der Waals surface area contributed by atoms with Gasteiger partial charge >= 0.3 is 0 Å². The van der Waals surface area contributed by atoms with Gasteiger partial charge < -0.3 is 9.14 Å². The largest absolute Gasteiger partial charge is 0.487 e. The van der Waals surface area contributed by atoms with Gasteiger partial charge in [-0.05, 0) is 55.0 Å². The van der Waals surface area contributed by atoms with E-state index in [-0.39, 0.29) is 5.91 Å². The Balaban J connectivity index is 1.21. The van der Waals surface area contributed by atoms with Crippen LogP contribution in [0.5, 0.6) is 5.75 Å². The number of pyridine rings is 2. The second-order valence-electron chi connectivity index (χ2n) is 7.05. The minimum absolute atomic E-state index is 0.268. The zero-order valence-electron chi connectivity index (χ0n) is 17.1. The molecule has 0 radical (unpaired) electrons. The molecule has 9 heteroatoms. The molecule has 4 aromatic heterocycles. The normalized spacial score (nSPS) is 10.9. The number of amides is 1. The minimum atomic E-state index is -0.268. The van der Waals surface area contributed by atoms with Crippen LogP contribution in [0.25, 0.3) is 16.3 Å². The Hall–Kier alpha value is -4.11. The molecule has 1 aromatic carbocycles. The number of hydrogen-bond donors (Lipinski definition) is 1. The lowest BCUT2D eigenvalue weighted by molar-refractivity contribution is 0.102. The highest BCUT2D eigenvalue weighted by atomic mass is 32.1. The van der Waals surface area contributed by atoms with E-state index in [9.17, 15) is 4.79 Å². The number of ether oxygens (including phenoxy) is 1. The van der Waals surface area contributed by atoms with Gasteiger partial charge in [-0.15, -0.1) is 10.2 Å². The minimum Gasteiger partial charge on any atom is -0.487 e. The van der Waals surface area contributed by atoms with Crippen LogP contribution in [-0.2, 0) is 6.61 Å². The van der Waals surface area contributed by atoms with E-state index in [1.807, 2.05) is 54.0 Å². The summed E-state index contributed by atoms with van der Waals surface area (Å²) in [5.74, 6) is 0.389. The van der Waals surface area contributed by atoms with Crippen molar-refractivity contribution in [3.05, 3.63) is 90.0 Å². The highest BCUT2D eigenvalue weighted by molar-refractivity contribution is 7.18. The fourth-order valence-electron chi connectivity index (χ4n) is 3.17. The molecule has 32 heavy (non-hydrogen) atoms. The summed E-state index contributed by atoms with van der Waals surface area (Å²) in [5, 5.41) is 11.9. The molecule has 0 fully saturated rings. The number of carbonyl (C=O) groups is 1. The van der Waals surface area contributed by atoms with Crippen LogP contribution < -0.4 is 10.1 Å². The van der Waals surface area contributed by atoms with Crippen molar-refractivity contribution in [2.45, 2.75) is 13.5 Å². The van der Waals surface area contributed by atoms with Gasteiger partial charge in [-0.2, -0.15) is 0 Å². The summed E-state index contributed by atoms with van der Waals surface area (Å²) < 4.78 is 7.81. The highest BCUT2D eigenvalue weighted by Gasteiger charge is 2.12. The number of hydrogen-bond acceptors (Lipinski definition) is 7. The van der Waals surface area contributed by atoms with Crippen LogP contribution in [-0.4, -0.2) is 30.5 Å². The molecule has 0 saturated carbocycles. The molecule has 0 saturated heterocycles. The third kappa shape index (κ3) is 4.19. The van der Waals surface area contributed by atoms with Gasteiger partial charge in [0.05, 0.1) is 5.69 Å². The predicted molar refractivity (Wildman–Crippen MR) is 122 cm³/mol. The summed E-state index contributed by atoms with van der Waals surface area (Å²) in [6.45, 7) is 2.37. The summed E-state index contributed by atoms with van der Waals surface area (Å²) in [6, 6.07) is 16.5. The van der Waals surface area contributed by atoms with E-state index in [0.717, 1.165) is 16.9 Å². The first-order valence-corrected chi connectivity index (χ1v) is 10.7. The van der Waals surface area contributed by atoms with Crippen LogP contribution in [0.1, 0.15) is 21.6 Å². The molecule has 0 aliphatic carbocycles. The molecule has 0 bridgehead atoms. The number of aryl methyl sites for hydroxylation is 1. The van der Waals surface area contributed by atoms with E-state index >= 15 is 0 Å². The van der Waals surface area contributed by atoms with Crippen molar-refractivity contribution < 1.29 is 9.53 Å². The van der Waals surface area contributed by atoms with E-state index in [1.165, 1.54) is 11.3 Å². The lowest BCUT2D eigenvalue weighted by atomic mass is 10.2. The first kappa shape index (κ1) is 19.8. The summed E-state index contributed by atoms with van der Waals surface area (Å²) in [5.41, 5.74) is 4.07. The van der Waals surface area contributed by atoms with E-state index in [1.54, 1.807) is 30.5 Å². The van der Waals surface area contributed by atoms with Crippen molar-refractivity contribution >= 4 is 28.0 Å². The van der Waals surface area contributed by atoms with Crippen LogP contribution in [0.15, 0.2) is 73.2 Å². The fourth-order valence-corrected chi connectivity index (χ4v) is 3.89. The van der Waals surface area contributed by atoms with Gasteiger partial charge in [0.1, 0.15) is 23.7 Å². The average Bonchev–Trinajstić information content (AvgIpc) is 3.46. The molecule has 0 unspecified atom stereocenters. The summed E-state index contributed by atoms with van der Waals surface area (Å²) in [4.78, 5) is 21.4. The van der Waals surface area contributed by atoms with Crippen molar-refractivity contribution in [2.24, 2.45) is 0 Å². The van der Waals surface area contributed by atoms with E-state index < -0.39 is 0 Å². The Morgan fingerprint density at radius 3 is 2.75 bits per heavy atom. The third-order valence-electron chi connectivity index (χ3n) is 4.76. The Labute approximate surface area is 187 Å². The fraction of sp³-hybridized carbons (Fsp3) is 0.0870. The van der Waals surface area contributed by atoms with E-state index in [0.29, 0.717) is 33.8 Å². The Bertz CT molecular complexity index is 1380. The third-order valence-corrected chi connectivity index (χ3v) is 5.62. The maximum Gasteiger partial charge on any atom is 0.257 e. The lowest BCUT2D eigenvalue weighted by Gasteiger charge is -2.05. The molecule has 8 nitrogen and oxygen atoms in total. The number of benzene rings is 1. The Morgan fingerprint density at radius 2 is 1.97 bits per heavy atom. The molecule has 4 heterocycles. The molecule has 0 aliphatic rings. The molecule has 5 rings (SSSR count). The number of carbonyl (C=O) groups excluding carboxylic acids is 1. The van der Waals surface area contributed by atoms with Crippen LogP contribution in [0, 0.1) is 6.92 Å². The molecule has 0 atom stereocenters. The van der Waals surface area contributed by atoms with Crippen LogP contribution in [0.4, 0.5) is 5.13 Å². The van der Waals surface area contributed by atoms with Crippen LogP contribution in [0.2, 0.25) is 0 Å². The van der Waals surface area contributed by atoms with Gasteiger partial charge in [-0.3, -0.25) is 15.1 Å². The average molecular weight is 443 g/mol. The Kier molecular flexibility index (Phi) is 5.30. The SMILES string of the molecule is Cc1cccn2cc(COc3ccc(C(=O)Nc4nnc(-c5ccccn5)s4)cc3)nc12. The zero-order chi connectivity index (χ0) is 21.9. The second kappa shape index (κ2) is 8.56. The van der Waals surface area contributed by atoms with Gasteiger partial charge in [0, 0.05) is 24.2 Å². The van der Waals surface area contributed by atoms with Crippen molar-refractivity contribution in [1.82, 2.24) is 24.6 Å². The number of anilines is 1. The molecule has 0 aliphatic heterocycles. The molecular formula is C23H18N6O2S. The van der Waals surface area contributed by atoms with E-state index in [4.69, 9.17) is 4.74 Å². The molecule has 1 amide bonds. The molecule has 5 aromatic rings. The standard InChI is InChI=1S/C23H18N6O2S/c1-15-5-4-12-29-13-17(25-20(15)29)14-31-18-9-7-16(8-10-18)21(30)26-23-28-27-22(32-23)19-6-2-3-11-24-19/h2-13H,14H2,1H3,(H,26,28,30). The quantitative estimate of drug-likeness (QED) is 0.419. The number of aromatic nitrogens is 5. The summed E-state index contributed by atoms with van der Waals surface area (Å²) in [7, 11) is 0. The lowest BCUT2D eigenvalue weighted by Crippen LogP contribution is -2.11. The smallest absolute Gasteiger partial charge is 0.257 e. The first-order valence-electron chi connectivity index (χ1n) is 9.88. The van der Waals surface area contributed by atoms with Gasteiger partial charge in [-0.1, -0.05) is 23.5 Å². The monoisotopic (exact) mass is 442 g/mol. The maximum absolute atomic E-state index is 12.5. The number of nitrogens with one attached hydrogen (secondary N) is 1.